The number of ether oxygens (including phenoxy) is 1. The molecule has 1 fully saturated rings. The van der Waals surface area contributed by atoms with Gasteiger partial charge in [-0.1, -0.05) is 12.1 Å². The number of carbonyl (C=O) groups excluding carboxylic acids is 1. The summed E-state index contributed by atoms with van der Waals surface area (Å²) in [6, 6.07) is 12.1. The van der Waals surface area contributed by atoms with Crippen LogP contribution in [0.25, 0.3) is 22.2 Å². The van der Waals surface area contributed by atoms with Crippen LogP contribution in [0.5, 0.6) is 0 Å². The number of fused-ring (bicyclic) bond motifs is 1. The Labute approximate surface area is 157 Å². The summed E-state index contributed by atoms with van der Waals surface area (Å²) in [6.07, 6.45) is 2.48. The van der Waals surface area contributed by atoms with Crippen LogP contribution in [0.4, 0.5) is 11.5 Å². The quantitative estimate of drug-likeness (QED) is 0.459. The van der Waals surface area contributed by atoms with Gasteiger partial charge in [0.15, 0.2) is 0 Å². The van der Waals surface area contributed by atoms with E-state index in [0.717, 1.165) is 54.2 Å². The number of hydrogen-bond donors (Lipinski definition) is 3. The van der Waals surface area contributed by atoms with Gasteiger partial charge < -0.3 is 20.5 Å². The number of morpholine rings is 1. The number of pyridine rings is 1. The van der Waals surface area contributed by atoms with E-state index in [1.54, 1.807) is 0 Å². The number of carbonyl (C=O) groups is 1. The van der Waals surface area contributed by atoms with Crippen LogP contribution in [-0.4, -0.2) is 59.9 Å². The summed E-state index contributed by atoms with van der Waals surface area (Å²) < 4.78 is 5.39. The molecule has 0 saturated carbocycles. The molecule has 0 spiro atoms. The topological polar surface area (TPSA) is 85.5 Å². The van der Waals surface area contributed by atoms with E-state index in [0.29, 0.717) is 12.2 Å². The minimum absolute atomic E-state index is 0.518. The number of aromatic nitrogens is 2. The fraction of sp³-hybridized carbons (Fsp3) is 0.263. The first-order valence-corrected chi connectivity index (χ1v) is 8.86. The zero-order valence-corrected chi connectivity index (χ0v) is 15.1. The molecule has 140 valence electrons. The lowest BCUT2D eigenvalue weighted by Crippen LogP contribution is -2.49. The molecule has 4 rings (SSSR count). The van der Waals surface area contributed by atoms with Crippen molar-refractivity contribution in [1.82, 2.24) is 20.1 Å². The van der Waals surface area contributed by atoms with E-state index in [1.165, 1.54) is 0 Å². The predicted molar refractivity (Wildman–Crippen MR) is 105 cm³/mol. The number of rotatable bonds is 6. The lowest BCUT2D eigenvalue weighted by molar-refractivity contribution is -0.105. The molecule has 2 aromatic heterocycles. The van der Waals surface area contributed by atoms with Gasteiger partial charge in [0.25, 0.3) is 0 Å². The first-order chi connectivity index (χ1) is 13.2. The van der Waals surface area contributed by atoms with Gasteiger partial charge in [0.05, 0.1) is 18.9 Å². The van der Waals surface area contributed by atoms with Crippen LogP contribution in [0.1, 0.15) is 0 Å². The summed E-state index contributed by atoms with van der Waals surface area (Å²) in [6.45, 7) is 3.24. The number of amides is 1. The van der Waals surface area contributed by atoms with Crippen molar-refractivity contribution in [3.05, 3.63) is 42.6 Å². The number of hydrogen-bond acceptors (Lipinski definition) is 6. The molecule has 1 aliphatic rings. The van der Waals surface area contributed by atoms with Crippen LogP contribution in [-0.2, 0) is 9.53 Å². The highest BCUT2D eigenvalue weighted by Crippen LogP contribution is 2.30. The molecule has 0 radical (unpaired) electrons. The Morgan fingerprint density at radius 2 is 2.00 bits per heavy atom. The molecule has 8 nitrogen and oxygen atoms in total. The number of benzene rings is 1. The van der Waals surface area contributed by atoms with Gasteiger partial charge in [0.1, 0.15) is 11.5 Å². The fourth-order valence-electron chi connectivity index (χ4n) is 3.25. The van der Waals surface area contributed by atoms with Gasteiger partial charge in [-0.2, -0.15) is 5.12 Å². The molecule has 27 heavy (non-hydrogen) atoms. The number of hydrazine groups is 2. The molecule has 3 heterocycles. The Balaban J connectivity index is 1.56. The maximum Gasteiger partial charge on any atom is 0.212 e. The van der Waals surface area contributed by atoms with E-state index in [-0.39, 0.29) is 0 Å². The van der Waals surface area contributed by atoms with E-state index in [2.05, 4.69) is 37.9 Å². The summed E-state index contributed by atoms with van der Waals surface area (Å²) in [5.41, 5.74) is 7.18. The van der Waals surface area contributed by atoms with Crippen molar-refractivity contribution in [3.8, 4) is 11.1 Å². The third-order valence-corrected chi connectivity index (χ3v) is 4.63. The van der Waals surface area contributed by atoms with Gasteiger partial charge in [0.2, 0.25) is 6.41 Å². The highest BCUT2D eigenvalue weighted by Gasteiger charge is 2.15. The third-order valence-electron chi connectivity index (χ3n) is 4.63. The van der Waals surface area contributed by atoms with Crippen LogP contribution in [0.2, 0.25) is 0 Å². The SMILES string of the molecule is CN(Nc1ccc(-c2cc(NC=O)nc3[nH]ccc23)cc1)N1CCOCC1. The van der Waals surface area contributed by atoms with Crippen molar-refractivity contribution in [2.75, 3.05) is 44.1 Å². The van der Waals surface area contributed by atoms with Crippen molar-refractivity contribution in [1.29, 1.82) is 0 Å². The molecule has 3 N–H and O–H groups in total. The van der Waals surface area contributed by atoms with E-state index in [1.807, 2.05) is 42.6 Å². The van der Waals surface area contributed by atoms with Crippen molar-refractivity contribution in [3.63, 3.8) is 0 Å². The highest BCUT2D eigenvalue weighted by atomic mass is 16.5. The van der Waals surface area contributed by atoms with E-state index in [4.69, 9.17) is 4.74 Å². The average molecular weight is 366 g/mol. The van der Waals surface area contributed by atoms with Crippen LogP contribution in [0.3, 0.4) is 0 Å². The maximum atomic E-state index is 10.8. The van der Waals surface area contributed by atoms with Gasteiger partial charge >= 0.3 is 0 Å². The van der Waals surface area contributed by atoms with Gasteiger partial charge in [0, 0.05) is 31.7 Å². The van der Waals surface area contributed by atoms with Crippen molar-refractivity contribution >= 4 is 28.9 Å². The molecule has 1 amide bonds. The smallest absolute Gasteiger partial charge is 0.212 e. The zero-order valence-electron chi connectivity index (χ0n) is 15.1. The number of nitrogens with one attached hydrogen (secondary N) is 3. The Morgan fingerprint density at radius 1 is 1.22 bits per heavy atom. The summed E-state index contributed by atoms with van der Waals surface area (Å²) >= 11 is 0. The molecule has 1 aliphatic heterocycles. The van der Waals surface area contributed by atoms with Crippen molar-refractivity contribution < 1.29 is 9.53 Å². The number of aromatic amines is 1. The summed E-state index contributed by atoms with van der Waals surface area (Å²) in [5, 5.41) is 7.85. The zero-order chi connectivity index (χ0) is 18.6. The van der Waals surface area contributed by atoms with Crippen LogP contribution in [0, 0.1) is 0 Å². The second-order valence-electron chi connectivity index (χ2n) is 6.34. The second kappa shape index (κ2) is 7.75. The van der Waals surface area contributed by atoms with E-state index >= 15 is 0 Å². The molecular weight excluding hydrogens is 344 g/mol. The minimum Gasteiger partial charge on any atom is -0.379 e. The van der Waals surface area contributed by atoms with E-state index < -0.39 is 0 Å². The van der Waals surface area contributed by atoms with Gasteiger partial charge in [-0.25, -0.2) is 9.99 Å². The lowest BCUT2D eigenvalue weighted by atomic mass is 10.0. The number of anilines is 2. The molecule has 0 bridgehead atoms. The molecule has 0 atom stereocenters. The molecule has 1 saturated heterocycles. The first kappa shape index (κ1) is 17.5. The molecule has 0 aliphatic carbocycles. The largest absolute Gasteiger partial charge is 0.379 e. The monoisotopic (exact) mass is 366 g/mol. The molecule has 3 aromatic rings. The summed E-state index contributed by atoms with van der Waals surface area (Å²) in [4.78, 5) is 18.3. The normalized spacial score (nSPS) is 15.2. The Morgan fingerprint density at radius 3 is 2.74 bits per heavy atom. The number of H-pyrrole nitrogens is 1. The predicted octanol–water partition coefficient (Wildman–Crippen LogP) is 2.30. The Bertz CT molecular complexity index is 918. The van der Waals surface area contributed by atoms with Crippen LogP contribution < -0.4 is 10.7 Å². The molecule has 1 aromatic carbocycles. The number of nitrogens with zero attached hydrogens (tertiary/aromatic N) is 3. The van der Waals surface area contributed by atoms with E-state index in [9.17, 15) is 4.79 Å². The first-order valence-electron chi connectivity index (χ1n) is 8.86. The van der Waals surface area contributed by atoms with Gasteiger partial charge in [-0.05, 0) is 35.4 Å². The lowest BCUT2D eigenvalue weighted by Gasteiger charge is -2.35. The standard InChI is InChI=1S/C19H22N6O2/c1-24(25-8-10-27-11-9-25)23-15-4-2-14(3-5-15)17-12-18(21-13-26)22-19-16(17)6-7-20-19/h2-7,12-13,23H,8-11H2,1H3,(H2,20,21,22,26). The molecule has 8 heteroatoms. The minimum atomic E-state index is 0.518. The Hall–Kier alpha value is -2.94. The second-order valence-corrected chi connectivity index (χ2v) is 6.34. The summed E-state index contributed by atoms with van der Waals surface area (Å²) in [7, 11) is 2.00. The summed E-state index contributed by atoms with van der Waals surface area (Å²) in [5.74, 6) is 0.518. The van der Waals surface area contributed by atoms with Crippen molar-refractivity contribution in [2.24, 2.45) is 0 Å². The Kier molecular flexibility index (Phi) is 5.01. The van der Waals surface area contributed by atoms with Gasteiger partial charge in [-0.15, -0.1) is 0 Å². The molecular formula is C19H22N6O2. The maximum absolute atomic E-state index is 10.8. The van der Waals surface area contributed by atoms with Crippen LogP contribution >= 0.6 is 0 Å². The van der Waals surface area contributed by atoms with Gasteiger partial charge in [-0.3, -0.25) is 4.79 Å². The van der Waals surface area contributed by atoms with Crippen LogP contribution in [0.15, 0.2) is 42.6 Å². The third kappa shape index (κ3) is 3.77. The van der Waals surface area contributed by atoms with Crippen molar-refractivity contribution in [2.45, 2.75) is 0 Å². The average Bonchev–Trinajstić information content (AvgIpc) is 3.17. The molecule has 0 unspecified atom stereocenters. The fourth-order valence-corrected chi connectivity index (χ4v) is 3.25. The highest BCUT2D eigenvalue weighted by molar-refractivity contribution is 5.95.